The number of aromatic nitrogens is 2. The Morgan fingerprint density at radius 2 is 2.11 bits per heavy atom. The van der Waals surface area contributed by atoms with Gasteiger partial charge in [0.2, 0.25) is 0 Å². The standard InChI is InChI=1S/C14H18ClN3O/c1-4-19-12-5-8(2)10(6-11(12)15)14-9(3)17-13(7-16)18-14/h5-6H,4,7,16H2,1-3H3,(H,17,18). The molecule has 0 saturated carbocycles. The number of halogens is 1. The molecule has 0 amide bonds. The molecular weight excluding hydrogens is 262 g/mol. The lowest BCUT2D eigenvalue weighted by Crippen LogP contribution is -1.98. The molecule has 2 rings (SSSR count). The summed E-state index contributed by atoms with van der Waals surface area (Å²) in [5, 5.41) is 0.596. The van der Waals surface area contributed by atoms with Crippen LogP contribution < -0.4 is 10.5 Å². The van der Waals surface area contributed by atoms with Crippen molar-refractivity contribution in [2.24, 2.45) is 5.73 Å². The van der Waals surface area contributed by atoms with Crippen molar-refractivity contribution < 1.29 is 4.74 Å². The third-order valence-electron chi connectivity index (χ3n) is 2.96. The van der Waals surface area contributed by atoms with Crippen molar-refractivity contribution >= 4 is 11.6 Å². The molecule has 0 unspecified atom stereocenters. The highest BCUT2D eigenvalue weighted by molar-refractivity contribution is 6.32. The van der Waals surface area contributed by atoms with E-state index in [0.717, 1.165) is 28.3 Å². The molecule has 0 bridgehead atoms. The highest BCUT2D eigenvalue weighted by Gasteiger charge is 2.13. The first kappa shape index (κ1) is 13.9. The first-order chi connectivity index (χ1) is 9.06. The quantitative estimate of drug-likeness (QED) is 0.903. The van der Waals surface area contributed by atoms with Gasteiger partial charge in [-0.15, -0.1) is 0 Å². The number of hydrogen-bond acceptors (Lipinski definition) is 3. The number of H-pyrrole nitrogens is 1. The minimum Gasteiger partial charge on any atom is -0.492 e. The van der Waals surface area contributed by atoms with Gasteiger partial charge in [-0.1, -0.05) is 11.6 Å². The first-order valence-corrected chi connectivity index (χ1v) is 6.63. The van der Waals surface area contributed by atoms with Crippen LogP contribution in [-0.2, 0) is 6.54 Å². The summed E-state index contributed by atoms with van der Waals surface area (Å²) in [5.41, 5.74) is 9.56. The Labute approximate surface area is 117 Å². The number of nitrogens with zero attached hydrogens (tertiary/aromatic N) is 1. The third kappa shape index (κ3) is 2.74. The molecule has 1 aromatic heterocycles. The third-order valence-corrected chi connectivity index (χ3v) is 3.26. The molecule has 0 fully saturated rings. The van der Waals surface area contributed by atoms with Crippen molar-refractivity contribution in [3.63, 3.8) is 0 Å². The molecule has 0 aliphatic carbocycles. The van der Waals surface area contributed by atoms with Gasteiger partial charge in [0, 0.05) is 11.3 Å². The number of nitrogens with two attached hydrogens (primary N) is 1. The average Bonchev–Trinajstić information content (AvgIpc) is 2.75. The fraction of sp³-hybridized carbons (Fsp3) is 0.357. The second-order valence-corrected chi connectivity index (χ2v) is 4.80. The highest BCUT2D eigenvalue weighted by Crippen LogP contribution is 2.34. The molecule has 0 spiro atoms. The smallest absolute Gasteiger partial charge is 0.138 e. The van der Waals surface area contributed by atoms with E-state index in [1.807, 2.05) is 32.9 Å². The zero-order chi connectivity index (χ0) is 14.0. The summed E-state index contributed by atoms with van der Waals surface area (Å²) in [5.74, 6) is 1.48. The maximum Gasteiger partial charge on any atom is 0.138 e. The molecule has 19 heavy (non-hydrogen) atoms. The predicted molar refractivity (Wildman–Crippen MR) is 77.6 cm³/mol. The second kappa shape index (κ2) is 5.63. The maximum atomic E-state index is 6.24. The minimum absolute atomic E-state index is 0.394. The summed E-state index contributed by atoms with van der Waals surface area (Å²) in [6.45, 7) is 6.92. The van der Waals surface area contributed by atoms with Gasteiger partial charge in [0.25, 0.3) is 0 Å². The Morgan fingerprint density at radius 1 is 1.37 bits per heavy atom. The molecular formula is C14H18ClN3O. The fourth-order valence-corrected chi connectivity index (χ4v) is 2.28. The van der Waals surface area contributed by atoms with Crippen molar-refractivity contribution in [1.82, 2.24) is 9.97 Å². The minimum atomic E-state index is 0.394. The van der Waals surface area contributed by atoms with E-state index in [1.54, 1.807) is 0 Å². The van der Waals surface area contributed by atoms with Crippen molar-refractivity contribution in [2.45, 2.75) is 27.3 Å². The normalized spacial score (nSPS) is 10.8. The first-order valence-electron chi connectivity index (χ1n) is 6.25. The number of benzene rings is 1. The Hall–Kier alpha value is -1.52. The van der Waals surface area contributed by atoms with Gasteiger partial charge in [-0.05, 0) is 38.5 Å². The van der Waals surface area contributed by atoms with E-state index < -0.39 is 0 Å². The Balaban J connectivity index is 2.50. The molecule has 0 saturated heterocycles. The van der Waals surface area contributed by atoms with E-state index in [9.17, 15) is 0 Å². The van der Waals surface area contributed by atoms with E-state index in [2.05, 4.69) is 9.97 Å². The lowest BCUT2D eigenvalue weighted by molar-refractivity contribution is 0.340. The van der Waals surface area contributed by atoms with Crippen LogP contribution in [0.4, 0.5) is 0 Å². The zero-order valence-electron chi connectivity index (χ0n) is 11.4. The lowest BCUT2D eigenvalue weighted by atomic mass is 10.0. The van der Waals surface area contributed by atoms with Crippen LogP contribution >= 0.6 is 11.6 Å². The largest absolute Gasteiger partial charge is 0.492 e. The second-order valence-electron chi connectivity index (χ2n) is 4.39. The van der Waals surface area contributed by atoms with E-state index in [-0.39, 0.29) is 0 Å². The number of imidazole rings is 1. The summed E-state index contributed by atoms with van der Waals surface area (Å²) in [4.78, 5) is 7.66. The molecule has 0 atom stereocenters. The van der Waals surface area contributed by atoms with Crippen LogP contribution in [-0.4, -0.2) is 16.6 Å². The topological polar surface area (TPSA) is 63.9 Å². The van der Waals surface area contributed by atoms with Crippen molar-refractivity contribution in [3.8, 4) is 17.0 Å². The molecule has 3 N–H and O–H groups in total. The van der Waals surface area contributed by atoms with Gasteiger partial charge in [0.05, 0.1) is 23.9 Å². The molecule has 0 radical (unpaired) electrons. The number of hydrogen-bond donors (Lipinski definition) is 2. The fourth-order valence-electron chi connectivity index (χ4n) is 2.06. The van der Waals surface area contributed by atoms with E-state index >= 15 is 0 Å². The van der Waals surface area contributed by atoms with Gasteiger partial charge in [-0.25, -0.2) is 4.98 Å². The highest BCUT2D eigenvalue weighted by atomic mass is 35.5. The van der Waals surface area contributed by atoms with E-state index in [4.69, 9.17) is 22.1 Å². The molecule has 1 aromatic carbocycles. The van der Waals surface area contributed by atoms with Crippen LogP contribution in [0.15, 0.2) is 12.1 Å². The van der Waals surface area contributed by atoms with Crippen LogP contribution in [0.5, 0.6) is 5.75 Å². The Kier molecular flexibility index (Phi) is 4.12. The predicted octanol–water partition coefficient (Wildman–Crippen LogP) is 3.20. The Bertz CT molecular complexity index is 593. The summed E-state index contributed by atoms with van der Waals surface area (Å²) in [7, 11) is 0. The van der Waals surface area contributed by atoms with Gasteiger partial charge in [0.1, 0.15) is 11.6 Å². The van der Waals surface area contributed by atoms with Crippen LogP contribution in [0.1, 0.15) is 24.0 Å². The molecule has 1 heterocycles. The summed E-state index contributed by atoms with van der Waals surface area (Å²) in [6.07, 6.45) is 0. The number of rotatable bonds is 4. The number of ether oxygens (including phenoxy) is 1. The zero-order valence-corrected chi connectivity index (χ0v) is 12.1. The van der Waals surface area contributed by atoms with Crippen molar-refractivity contribution in [1.29, 1.82) is 0 Å². The van der Waals surface area contributed by atoms with E-state index in [1.165, 1.54) is 0 Å². The molecule has 2 aromatic rings. The summed E-state index contributed by atoms with van der Waals surface area (Å²) < 4.78 is 5.48. The van der Waals surface area contributed by atoms with Crippen LogP contribution in [0.25, 0.3) is 11.3 Å². The maximum absolute atomic E-state index is 6.24. The van der Waals surface area contributed by atoms with Gasteiger partial charge in [-0.2, -0.15) is 0 Å². The van der Waals surface area contributed by atoms with Crippen LogP contribution in [0.2, 0.25) is 5.02 Å². The number of aromatic amines is 1. The average molecular weight is 280 g/mol. The molecule has 102 valence electrons. The van der Waals surface area contributed by atoms with Gasteiger partial charge in [0.15, 0.2) is 0 Å². The van der Waals surface area contributed by atoms with Crippen LogP contribution in [0, 0.1) is 13.8 Å². The molecule has 0 aliphatic rings. The number of nitrogens with one attached hydrogen (secondary N) is 1. The number of aryl methyl sites for hydroxylation is 2. The monoisotopic (exact) mass is 279 g/mol. The summed E-state index contributed by atoms with van der Waals surface area (Å²) >= 11 is 6.24. The molecule has 4 nitrogen and oxygen atoms in total. The lowest BCUT2D eigenvalue weighted by Gasteiger charge is -2.10. The van der Waals surface area contributed by atoms with Gasteiger partial charge < -0.3 is 15.5 Å². The molecule has 0 aliphatic heterocycles. The van der Waals surface area contributed by atoms with Gasteiger partial charge in [-0.3, -0.25) is 0 Å². The SMILES string of the molecule is CCOc1cc(C)c(-c2nc(CN)[nH]c2C)cc1Cl. The Morgan fingerprint density at radius 3 is 2.68 bits per heavy atom. The van der Waals surface area contributed by atoms with E-state index in [0.29, 0.717) is 23.9 Å². The molecule has 5 heteroatoms. The van der Waals surface area contributed by atoms with Crippen LogP contribution in [0.3, 0.4) is 0 Å². The van der Waals surface area contributed by atoms with Gasteiger partial charge >= 0.3 is 0 Å². The summed E-state index contributed by atoms with van der Waals surface area (Å²) in [6, 6.07) is 3.84. The van der Waals surface area contributed by atoms with Crippen molar-refractivity contribution in [2.75, 3.05) is 6.61 Å². The van der Waals surface area contributed by atoms with Crippen molar-refractivity contribution in [3.05, 3.63) is 34.2 Å².